The predicted octanol–water partition coefficient (Wildman–Crippen LogP) is 2.96. The van der Waals surface area contributed by atoms with Crippen molar-refractivity contribution in [2.24, 2.45) is 0 Å². The first-order chi connectivity index (χ1) is 12.3. The highest BCUT2D eigenvalue weighted by atomic mass is 35.5. The third-order valence-corrected chi connectivity index (χ3v) is 5.20. The summed E-state index contributed by atoms with van der Waals surface area (Å²) in [7, 11) is -1.75. The molecule has 0 unspecified atom stereocenters. The predicted molar refractivity (Wildman–Crippen MR) is 101 cm³/mol. The van der Waals surface area contributed by atoms with Crippen molar-refractivity contribution in [3.63, 3.8) is 0 Å². The van der Waals surface area contributed by atoms with Gasteiger partial charge < -0.3 is 5.32 Å². The Hall–Kier alpha value is -2.64. The van der Waals surface area contributed by atoms with Crippen LogP contribution in [0.5, 0.6) is 0 Å². The molecule has 2 aromatic carbocycles. The Morgan fingerprint density at radius 2 is 1.69 bits per heavy atom. The van der Waals surface area contributed by atoms with Gasteiger partial charge in [-0.2, -0.15) is 5.10 Å². The van der Waals surface area contributed by atoms with E-state index < -0.39 is 9.84 Å². The number of amides is 1. The Bertz CT molecular complexity index is 1060. The zero-order valence-electron chi connectivity index (χ0n) is 14.1. The molecule has 0 aliphatic rings. The third kappa shape index (κ3) is 3.63. The number of aromatic nitrogens is 2. The first kappa shape index (κ1) is 18.2. The lowest BCUT2D eigenvalue weighted by Gasteiger charge is -2.08. The molecule has 1 N–H and O–H groups in total. The number of hydrogen-bond acceptors (Lipinski definition) is 4. The summed E-state index contributed by atoms with van der Waals surface area (Å²) in [6, 6.07) is 15.1. The van der Waals surface area contributed by atoms with E-state index in [0.29, 0.717) is 10.7 Å². The third-order valence-electron chi connectivity index (χ3n) is 3.82. The first-order valence-electron chi connectivity index (χ1n) is 7.68. The number of carbonyl (C=O) groups excluding carboxylic acids is 1. The monoisotopic (exact) mass is 389 g/mol. The average Bonchev–Trinajstić information content (AvgIpc) is 3.06. The molecule has 26 heavy (non-hydrogen) atoms. The topological polar surface area (TPSA) is 81.1 Å². The van der Waals surface area contributed by atoms with Gasteiger partial charge in [-0.25, -0.2) is 13.1 Å². The van der Waals surface area contributed by atoms with Crippen molar-refractivity contribution in [1.29, 1.82) is 0 Å². The van der Waals surface area contributed by atoms with Crippen LogP contribution >= 0.6 is 11.6 Å². The normalized spacial score (nSPS) is 11.3. The largest absolute Gasteiger partial charge is 0.354 e. The second-order valence-electron chi connectivity index (χ2n) is 5.68. The zero-order chi connectivity index (χ0) is 18.9. The molecule has 0 aliphatic carbocycles. The molecule has 3 aromatic rings. The van der Waals surface area contributed by atoms with Gasteiger partial charge in [0, 0.05) is 23.9 Å². The van der Waals surface area contributed by atoms with E-state index in [1.807, 2.05) is 0 Å². The number of rotatable bonds is 4. The van der Waals surface area contributed by atoms with Gasteiger partial charge in [-0.05, 0) is 42.5 Å². The highest BCUT2D eigenvalue weighted by Gasteiger charge is 2.16. The van der Waals surface area contributed by atoms with Crippen molar-refractivity contribution < 1.29 is 13.2 Å². The van der Waals surface area contributed by atoms with Crippen molar-refractivity contribution in [1.82, 2.24) is 15.1 Å². The maximum atomic E-state index is 12.0. The van der Waals surface area contributed by atoms with Gasteiger partial charge >= 0.3 is 0 Å². The molecule has 3 rings (SSSR count). The molecule has 0 fully saturated rings. The van der Waals surface area contributed by atoms with Crippen LogP contribution < -0.4 is 5.32 Å². The van der Waals surface area contributed by atoms with Gasteiger partial charge in [0.1, 0.15) is 0 Å². The quantitative estimate of drug-likeness (QED) is 0.743. The molecule has 6 nitrogen and oxygen atoms in total. The van der Waals surface area contributed by atoms with Crippen molar-refractivity contribution in [3.05, 3.63) is 65.3 Å². The number of sulfone groups is 1. The summed E-state index contributed by atoms with van der Waals surface area (Å²) in [4.78, 5) is 12.2. The van der Waals surface area contributed by atoms with E-state index in [2.05, 4.69) is 10.4 Å². The van der Waals surface area contributed by atoms with Crippen molar-refractivity contribution >= 4 is 27.3 Å². The van der Waals surface area contributed by atoms with Gasteiger partial charge in [0.25, 0.3) is 5.91 Å². The van der Waals surface area contributed by atoms with Crippen molar-refractivity contribution in [2.45, 2.75) is 4.90 Å². The van der Waals surface area contributed by atoms with Crippen LogP contribution in [0.1, 0.15) is 10.5 Å². The van der Waals surface area contributed by atoms with Gasteiger partial charge in [0.2, 0.25) is 0 Å². The van der Waals surface area contributed by atoms with Crippen LogP contribution in [-0.4, -0.2) is 37.4 Å². The van der Waals surface area contributed by atoms with Crippen LogP contribution in [0.3, 0.4) is 0 Å². The SMILES string of the molecule is CNC(=O)c1cc(-c2ccc(S(C)(=O)=O)cc2)n(-c2ccc(Cl)cc2)n1. The van der Waals surface area contributed by atoms with Crippen LogP contribution in [0.2, 0.25) is 5.02 Å². The highest BCUT2D eigenvalue weighted by Crippen LogP contribution is 2.26. The van der Waals surface area contributed by atoms with E-state index >= 15 is 0 Å². The molecular formula is C18H16ClN3O3S. The summed E-state index contributed by atoms with van der Waals surface area (Å²) in [6.45, 7) is 0. The van der Waals surface area contributed by atoms with Crippen LogP contribution in [0.15, 0.2) is 59.5 Å². The van der Waals surface area contributed by atoms with Gasteiger partial charge in [-0.3, -0.25) is 4.79 Å². The lowest BCUT2D eigenvalue weighted by Crippen LogP contribution is -2.18. The van der Waals surface area contributed by atoms with Crippen LogP contribution in [0.4, 0.5) is 0 Å². The second kappa shape index (κ2) is 6.93. The summed E-state index contributed by atoms with van der Waals surface area (Å²) in [5.74, 6) is -0.313. The lowest BCUT2D eigenvalue weighted by atomic mass is 10.1. The molecule has 0 spiro atoms. The van der Waals surface area contributed by atoms with Gasteiger partial charge in [-0.1, -0.05) is 23.7 Å². The minimum absolute atomic E-state index is 0.227. The minimum Gasteiger partial charge on any atom is -0.354 e. The lowest BCUT2D eigenvalue weighted by molar-refractivity contribution is 0.0957. The summed E-state index contributed by atoms with van der Waals surface area (Å²) in [6.07, 6.45) is 1.16. The number of carbonyl (C=O) groups is 1. The highest BCUT2D eigenvalue weighted by molar-refractivity contribution is 7.90. The smallest absolute Gasteiger partial charge is 0.271 e. The number of benzene rings is 2. The molecular weight excluding hydrogens is 374 g/mol. The maximum absolute atomic E-state index is 12.0. The Morgan fingerprint density at radius 1 is 1.08 bits per heavy atom. The fraction of sp³-hybridized carbons (Fsp3) is 0.111. The summed E-state index contributed by atoms with van der Waals surface area (Å²) in [5.41, 5.74) is 2.37. The Kier molecular flexibility index (Phi) is 4.84. The van der Waals surface area contributed by atoms with E-state index in [4.69, 9.17) is 11.6 Å². The van der Waals surface area contributed by atoms with Crippen LogP contribution in [0.25, 0.3) is 16.9 Å². The first-order valence-corrected chi connectivity index (χ1v) is 9.95. The number of nitrogens with zero attached hydrogens (tertiary/aromatic N) is 2. The summed E-state index contributed by atoms with van der Waals surface area (Å²) >= 11 is 5.94. The van der Waals surface area contributed by atoms with Gasteiger partial charge in [0.05, 0.1) is 16.3 Å². The van der Waals surface area contributed by atoms with E-state index in [1.54, 1.807) is 47.1 Å². The Balaban J connectivity index is 2.14. The Morgan fingerprint density at radius 3 is 2.23 bits per heavy atom. The number of nitrogens with one attached hydrogen (secondary N) is 1. The van der Waals surface area contributed by atoms with E-state index in [1.165, 1.54) is 19.2 Å². The molecule has 0 saturated carbocycles. The zero-order valence-corrected chi connectivity index (χ0v) is 15.7. The molecule has 8 heteroatoms. The standard InChI is InChI=1S/C18H16ClN3O3S/c1-20-18(23)16-11-17(12-3-9-15(10-4-12)26(2,24)25)22(21-16)14-7-5-13(19)6-8-14/h3-11H,1-2H3,(H,20,23). The maximum Gasteiger partial charge on any atom is 0.271 e. The fourth-order valence-electron chi connectivity index (χ4n) is 2.48. The molecule has 0 aliphatic heterocycles. The van der Waals surface area contributed by atoms with E-state index in [0.717, 1.165) is 17.5 Å². The van der Waals surface area contributed by atoms with Gasteiger partial charge in [-0.15, -0.1) is 0 Å². The van der Waals surface area contributed by atoms with E-state index in [9.17, 15) is 13.2 Å². The molecule has 134 valence electrons. The number of halogens is 1. The molecule has 1 amide bonds. The number of hydrogen-bond donors (Lipinski definition) is 1. The summed E-state index contributed by atoms with van der Waals surface area (Å²) < 4.78 is 24.9. The Labute approximate surface area is 156 Å². The summed E-state index contributed by atoms with van der Waals surface area (Å²) in [5, 5.41) is 7.51. The molecule has 0 radical (unpaired) electrons. The molecule has 0 bridgehead atoms. The fourth-order valence-corrected chi connectivity index (χ4v) is 3.23. The van der Waals surface area contributed by atoms with Crippen molar-refractivity contribution in [3.8, 4) is 16.9 Å². The van der Waals surface area contributed by atoms with Gasteiger partial charge in [0.15, 0.2) is 15.5 Å². The van der Waals surface area contributed by atoms with E-state index in [-0.39, 0.29) is 16.5 Å². The second-order valence-corrected chi connectivity index (χ2v) is 8.13. The molecule has 0 atom stereocenters. The van der Waals surface area contributed by atoms with Crippen molar-refractivity contribution in [2.75, 3.05) is 13.3 Å². The molecule has 1 aromatic heterocycles. The minimum atomic E-state index is -3.28. The van der Waals surface area contributed by atoms with Crippen LogP contribution in [-0.2, 0) is 9.84 Å². The van der Waals surface area contributed by atoms with Crippen LogP contribution in [0, 0.1) is 0 Å². The molecule has 0 saturated heterocycles. The average molecular weight is 390 g/mol. The molecule has 1 heterocycles.